The van der Waals surface area contributed by atoms with Crippen LogP contribution in [-0.4, -0.2) is 25.2 Å². The molecule has 0 heterocycles. The molecular weight excluding hydrogens is 202 g/mol. The minimum absolute atomic E-state index is 0.0780. The molecule has 0 aliphatic heterocycles. The highest BCUT2D eigenvalue weighted by Gasteiger charge is 2.10. The van der Waals surface area contributed by atoms with E-state index in [9.17, 15) is 4.79 Å². The SMILES string of the molecule is CCCCNC(CC)COC(=O)CC(C)C. The predicted octanol–water partition coefficient (Wildman–Crippen LogP) is 2.74. The average Bonchev–Trinajstić information content (AvgIpc) is 2.22. The van der Waals surface area contributed by atoms with Gasteiger partial charge in [0.15, 0.2) is 0 Å². The molecule has 0 aromatic heterocycles. The summed E-state index contributed by atoms with van der Waals surface area (Å²) >= 11 is 0. The van der Waals surface area contributed by atoms with Crippen LogP contribution in [0.15, 0.2) is 0 Å². The molecule has 0 aromatic carbocycles. The van der Waals surface area contributed by atoms with E-state index in [1.54, 1.807) is 0 Å². The van der Waals surface area contributed by atoms with Gasteiger partial charge in [-0.1, -0.05) is 34.1 Å². The van der Waals surface area contributed by atoms with Crippen LogP contribution in [-0.2, 0) is 9.53 Å². The molecule has 0 rings (SSSR count). The molecular formula is C13H27NO2. The number of hydrogen-bond donors (Lipinski definition) is 1. The summed E-state index contributed by atoms with van der Waals surface area (Å²) in [5, 5.41) is 3.40. The molecule has 0 aliphatic carbocycles. The lowest BCUT2D eigenvalue weighted by Crippen LogP contribution is -2.34. The van der Waals surface area contributed by atoms with Crippen molar-refractivity contribution in [3.05, 3.63) is 0 Å². The molecule has 1 atom stereocenters. The summed E-state index contributed by atoms with van der Waals surface area (Å²) in [7, 11) is 0. The number of ether oxygens (including phenoxy) is 1. The quantitative estimate of drug-likeness (QED) is 0.488. The zero-order valence-corrected chi connectivity index (χ0v) is 11.2. The third-order valence-electron chi connectivity index (χ3n) is 2.48. The fourth-order valence-corrected chi connectivity index (χ4v) is 1.39. The van der Waals surface area contributed by atoms with Crippen molar-refractivity contribution < 1.29 is 9.53 Å². The summed E-state index contributed by atoms with van der Waals surface area (Å²) in [5.41, 5.74) is 0. The second-order valence-electron chi connectivity index (χ2n) is 4.69. The van der Waals surface area contributed by atoms with E-state index in [0.29, 0.717) is 25.0 Å². The Morgan fingerprint density at radius 3 is 2.50 bits per heavy atom. The van der Waals surface area contributed by atoms with Crippen molar-refractivity contribution in [2.75, 3.05) is 13.2 Å². The molecule has 96 valence electrons. The zero-order valence-electron chi connectivity index (χ0n) is 11.2. The van der Waals surface area contributed by atoms with Gasteiger partial charge in [0.25, 0.3) is 0 Å². The van der Waals surface area contributed by atoms with Gasteiger partial charge < -0.3 is 10.1 Å². The minimum Gasteiger partial charge on any atom is -0.464 e. The Morgan fingerprint density at radius 1 is 1.31 bits per heavy atom. The smallest absolute Gasteiger partial charge is 0.306 e. The molecule has 0 radical (unpaired) electrons. The van der Waals surface area contributed by atoms with E-state index in [0.717, 1.165) is 13.0 Å². The van der Waals surface area contributed by atoms with Crippen molar-refractivity contribution in [2.45, 2.75) is 59.4 Å². The molecule has 0 aromatic rings. The van der Waals surface area contributed by atoms with Crippen LogP contribution in [0.5, 0.6) is 0 Å². The van der Waals surface area contributed by atoms with Crippen LogP contribution in [0.3, 0.4) is 0 Å². The summed E-state index contributed by atoms with van der Waals surface area (Å²) in [5.74, 6) is 0.298. The number of esters is 1. The van der Waals surface area contributed by atoms with Gasteiger partial charge >= 0.3 is 5.97 Å². The van der Waals surface area contributed by atoms with Crippen LogP contribution in [0.4, 0.5) is 0 Å². The van der Waals surface area contributed by atoms with Crippen molar-refractivity contribution >= 4 is 5.97 Å². The van der Waals surface area contributed by atoms with Gasteiger partial charge in [-0.3, -0.25) is 4.79 Å². The van der Waals surface area contributed by atoms with Crippen LogP contribution < -0.4 is 5.32 Å². The maximum Gasteiger partial charge on any atom is 0.306 e. The van der Waals surface area contributed by atoms with Crippen molar-refractivity contribution in [1.29, 1.82) is 0 Å². The number of carbonyl (C=O) groups is 1. The molecule has 0 fully saturated rings. The van der Waals surface area contributed by atoms with E-state index in [4.69, 9.17) is 4.74 Å². The van der Waals surface area contributed by atoms with Gasteiger partial charge in [-0.15, -0.1) is 0 Å². The maximum atomic E-state index is 11.4. The molecule has 1 unspecified atom stereocenters. The predicted molar refractivity (Wildman–Crippen MR) is 67.4 cm³/mol. The van der Waals surface area contributed by atoms with Gasteiger partial charge in [0.2, 0.25) is 0 Å². The van der Waals surface area contributed by atoms with Gasteiger partial charge in [0, 0.05) is 12.5 Å². The van der Waals surface area contributed by atoms with Crippen molar-refractivity contribution in [3.8, 4) is 0 Å². The number of rotatable bonds is 9. The maximum absolute atomic E-state index is 11.4. The first-order valence-corrected chi connectivity index (χ1v) is 6.49. The second kappa shape index (κ2) is 9.64. The molecule has 0 aliphatic rings. The Balaban J connectivity index is 3.64. The van der Waals surface area contributed by atoms with Crippen LogP contribution in [0.25, 0.3) is 0 Å². The second-order valence-corrected chi connectivity index (χ2v) is 4.69. The average molecular weight is 229 g/mol. The fraction of sp³-hybridized carbons (Fsp3) is 0.923. The van der Waals surface area contributed by atoms with Gasteiger partial charge in [-0.2, -0.15) is 0 Å². The van der Waals surface area contributed by atoms with E-state index >= 15 is 0 Å². The Labute approximate surface area is 99.9 Å². The van der Waals surface area contributed by atoms with Gasteiger partial charge in [-0.05, 0) is 25.3 Å². The zero-order chi connectivity index (χ0) is 12.4. The number of nitrogens with one attached hydrogen (secondary N) is 1. The van der Waals surface area contributed by atoms with E-state index in [2.05, 4.69) is 19.2 Å². The Kier molecular flexibility index (Phi) is 9.30. The molecule has 0 saturated carbocycles. The Morgan fingerprint density at radius 2 is 2.00 bits per heavy atom. The topological polar surface area (TPSA) is 38.3 Å². The lowest BCUT2D eigenvalue weighted by molar-refractivity contribution is -0.145. The molecule has 16 heavy (non-hydrogen) atoms. The summed E-state index contributed by atoms with van der Waals surface area (Å²) in [6.07, 6.45) is 3.89. The van der Waals surface area contributed by atoms with E-state index in [1.807, 2.05) is 13.8 Å². The fourth-order valence-electron chi connectivity index (χ4n) is 1.39. The number of carbonyl (C=O) groups excluding carboxylic acids is 1. The van der Waals surface area contributed by atoms with Gasteiger partial charge in [0.05, 0.1) is 0 Å². The molecule has 0 saturated heterocycles. The van der Waals surface area contributed by atoms with Crippen LogP contribution in [0.2, 0.25) is 0 Å². The standard InChI is InChI=1S/C13H27NO2/c1-5-7-8-14-12(6-2)10-16-13(15)9-11(3)4/h11-12,14H,5-10H2,1-4H3. The first-order chi connectivity index (χ1) is 7.60. The third kappa shape index (κ3) is 8.72. The minimum atomic E-state index is -0.0780. The highest BCUT2D eigenvalue weighted by molar-refractivity contribution is 5.69. The van der Waals surface area contributed by atoms with Crippen LogP contribution >= 0.6 is 0 Å². The Hall–Kier alpha value is -0.570. The van der Waals surface area contributed by atoms with Crippen molar-refractivity contribution in [2.24, 2.45) is 5.92 Å². The summed E-state index contributed by atoms with van der Waals surface area (Å²) in [6.45, 7) is 9.85. The summed E-state index contributed by atoms with van der Waals surface area (Å²) in [6, 6.07) is 0.308. The first-order valence-electron chi connectivity index (χ1n) is 6.49. The monoisotopic (exact) mass is 229 g/mol. The van der Waals surface area contributed by atoms with E-state index < -0.39 is 0 Å². The van der Waals surface area contributed by atoms with E-state index in [-0.39, 0.29) is 5.97 Å². The van der Waals surface area contributed by atoms with Gasteiger partial charge in [0.1, 0.15) is 6.61 Å². The molecule has 3 heteroatoms. The summed E-state index contributed by atoms with van der Waals surface area (Å²) in [4.78, 5) is 11.4. The van der Waals surface area contributed by atoms with Crippen LogP contribution in [0.1, 0.15) is 53.4 Å². The van der Waals surface area contributed by atoms with Crippen molar-refractivity contribution in [1.82, 2.24) is 5.32 Å². The van der Waals surface area contributed by atoms with E-state index in [1.165, 1.54) is 12.8 Å². The summed E-state index contributed by atoms with van der Waals surface area (Å²) < 4.78 is 5.24. The molecule has 0 amide bonds. The molecule has 0 bridgehead atoms. The highest BCUT2D eigenvalue weighted by Crippen LogP contribution is 2.02. The number of hydrogen-bond acceptors (Lipinski definition) is 3. The largest absolute Gasteiger partial charge is 0.464 e. The van der Waals surface area contributed by atoms with Crippen LogP contribution in [0, 0.1) is 5.92 Å². The normalized spacial score (nSPS) is 12.8. The number of unbranched alkanes of at least 4 members (excludes halogenated alkanes) is 1. The highest BCUT2D eigenvalue weighted by atomic mass is 16.5. The Bertz CT molecular complexity index is 181. The molecule has 1 N–H and O–H groups in total. The van der Waals surface area contributed by atoms with Gasteiger partial charge in [-0.25, -0.2) is 0 Å². The third-order valence-corrected chi connectivity index (χ3v) is 2.48. The van der Waals surface area contributed by atoms with Crippen molar-refractivity contribution in [3.63, 3.8) is 0 Å². The lowest BCUT2D eigenvalue weighted by Gasteiger charge is -2.17. The molecule has 3 nitrogen and oxygen atoms in total. The lowest BCUT2D eigenvalue weighted by atomic mass is 10.1. The molecule has 0 spiro atoms. The first kappa shape index (κ1) is 15.4.